The van der Waals surface area contributed by atoms with Crippen LogP contribution in [0.1, 0.15) is 58.3 Å². The topological polar surface area (TPSA) is 75.7 Å². The molecule has 0 spiro atoms. The maximum absolute atomic E-state index is 13.4. The second-order valence-corrected chi connectivity index (χ2v) is 10.7. The fourth-order valence-electron chi connectivity index (χ4n) is 7.21. The normalized spacial score (nSPS) is 32.4. The summed E-state index contributed by atoms with van der Waals surface area (Å²) in [6.07, 6.45) is 7.32. The number of nitrogens with one attached hydrogen (secondary N) is 1. The Morgan fingerprint density at radius 1 is 0.969 bits per heavy atom. The molecule has 6 heteroatoms. The average Bonchev–Trinajstić information content (AvgIpc) is 2.78. The van der Waals surface area contributed by atoms with E-state index in [0.29, 0.717) is 43.7 Å². The summed E-state index contributed by atoms with van der Waals surface area (Å²) in [7, 11) is 0. The van der Waals surface area contributed by atoms with Gasteiger partial charge in [0.05, 0.1) is 5.92 Å². The van der Waals surface area contributed by atoms with Crippen molar-refractivity contribution in [2.24, 2.45) is 29.1 Å². The van der Waals surface area contributed by atoms with E-state index in [1.54, 1.807) is 11.8 Å². The van der Waals surface area contributed by atoms with Crippen molar-refractivity contribution in [1.82, 2.24) is 4.90 Å². The maximum atomic E-state index is 13.4. The van der Waals surface area contributed by atoms with Crippen LogP contribution in [0.3, 0.4) is 0 Å². The van der Waals surface area contributed by atoms with Gasteiger partial charge in [-0.3, -0.25) is 9.59 Å². The van der Waals surface area contributed by atoms with Gasteiger partial charge in [-0.2, -0.15) is 0 Å². The van der Waals surface area contributed by atoms with Gasteiger partial charge in [0.1, 0.15) is 0 Å². The predicted octanol–water partition coefficient (Wildman–Crippen LogP) is 4.65. The van der Waals surface area contributed by atoms with Crippen LogP contribution in [-0.4, -0.2) is 41.9 Å². The highest BCUT2D eigenvalue weighted by Crippen LogP contribution is 2.60. The number of ether oxygens (including phenoxy) is 1. The average molecular weight is 439 g/mol. The minimum Gasteiger partial charge on any atom is -0.454 e. The Kier molecular flexibility index (Phi) is 5.72. The van der Waals surface area contributed by atoms with Crippen LogP contribution in [0.4, 0.5) is 10.5 Å². The van der Waals surface area contributed by atoms with Crippen LogP contribution in [0, 0.1) is 29.1 Å². The van der Waals surface area contributed by atoms with Gasteiger partial charge in [-0.1, -0.05) is 18.2 Å². The zero-order chi connectivity index (χ0) is 22.3. The SMILES string of the molecule is C[C@@H](OC(=O)C1CCN(C(=O)Nc2ccccc2)CC1)C(=O)C12CC3CC(CC(C3)C1)C2. The third kappa shape index (κ3) is 4.16. The quantitative estimate of drug-likeness (QED) is 0.679. The van der Waals surface area contributed by atoms with E-state index in [9.17, 15) is 14.4 Å². The van der Waals surface area contributed by atoms with Gasteiger partial charge in [-0.25, -0.2) is 4.79 Å². The minimum absolute atomic E-state index is 0.145. The Hall–Kier alpha value is -2.37. The summed E-state index contributed by atoms with van der Waals surface area (Å²) in [6.45, 7) is 2.78. The molecule has 1 atom stereocenters. The number of Topliss-reactive ketones (excluding diaryl/α,β-unsaturated/α-hetero) is 1. The van der Waals surface area contributed by atoms with Crippen LogP contribution in [0.2, 0.25) is 0 Å². The Bertz CT molecular complexity index is 840. The number of likely N-dealkylation sites (tertiary alicyclic amines) is 1. The number of piperidine rings is 1. The van der Waals surface area contributed by atoms with Gasteiger partial charge in [0.15, 0.2) is 11.9 Å². The molecule has 5 aliphatic rings. The van der Waals surface area contributed by atoms with E-state index in [2.05, 4.69) is 5.32 Å². The van der Waals surface area contributed by atoms with E-state index in [1.165, 1.54) is 19.3 Å². The molecule has 1 saturated heterocycles. The number of anilines is 1. The third-order valence-corrected chi connectivity index (χ3v) is 8.36. The second-order valence-electron chi connectivity index (χ2n) is 10.7. The molecular formula is C26H34N2O4. The molecule has 4 aliphatic carbocycles. The van der Waals surface area contributed by atoms with Crippen LogP contribution in [0.25, 0.3) is 0 Å². The van der Waals surface area contributed by atoms with Crippen LogP contribution < -0.4 is 5.32 Å². The maximum Gasteiger partial charge on any atom is 0.321 e. The predicted molar refractivity (Wildman–Crippen MR) is 121 cm³/mol. The van der Waals surface area contributed by atoms with E-state index in [1.807, 2.05) is 30.3 Å². The number of hydrogen-bond acceptors (Lipinski definition) is 4. The highest BCUT2D eigenvalue weighted by atomic mass is 16.5. The van der Waals surface area contributed by atoms with Crippen molar-refractivity contribution in [3.05, 3.63) is 30.3 Å². The third-order valence-electron chi connectivity index (χ3n) is 8.36. The van der Waals surface area contributed by atoms with Crippen LogP contribution in [0.5, 0.6) is 0 Å². The van der Waals surface area contributed by atoms with Crippen molar-refractivity contribution in [3.8, 4) is 0 Å². The molecule has 1 aromatic rings. The number of nitrogens with zero attached hydrogens (tertiary/aromatic N) is 1. The van der Waals surface area contributed by atoms with Crippen molar-refractivity contribution in [1.29, 1.82) is 0 Å². The van der Waals surface area contributed by atoms with E-state index in [0.717, 1.165) is 24.9 Å². The Morgan fingerprint density at radius 2 is 1.53 bits per heavy atom. The fraction of sp³-hybridized carbons (Fsp3) is 0.654. The van der Waals surface area contributed by atoms with Gasteiger partial charge in [-0.05, 0) is 88.2 Å². The van der Waals surface area contributed by atoms with Gasteiger partial charge in [0.25, 0.3) is 0 Å². The molecule has 1 N–H and O–H groups in total. The van der Waals surface area contributed by atoms with E-state index in [4.69, 9.17) is 4.74 Å². The lowest BCUT2D eigenvalue weighted by Crippen LogP contribution is -2.53. The number of esters is 1. The largest absolute Gasteiger partial charge is 0.454 e. The van der Waals surface area contributed by atoms with Gasteiger partial charge in [0.2, 0.25) is 0 Å². The lowest BCUT2D eigenvalue weighted by molar-refractivity contribution is -0.168. The standard InChI is InChI=1S/C26H34N2O4/c1-17(23(29)26-14-18-11-19(15-26)13-20(12-18)16-26)32-24(30)21-7-9-28(10-8-21)25(31)27-22-5-3-2-4-6-22/h2-6,17-21H,7-16H2,1H3,(H,27,31)/t17-,18?,19?,20?,26?/m1/s1. The molecule has 1 aliphatic heterocycles. The molecule has 2 amide bonds. The van der Waals surface area contributed by atoms with E-state index in [-0.39, 0.29) is 29.1 Å². The number of amides is 2. The van der Waals surface area contributed by atoms with Crippen molar-refractivity contribution < 1.29 is 19.1 Å². The highest BCUT2D eigenvalue weighted by Gasteiger charge is 2.55. The lowest BCUT2D eigenvalue weighted by Gasteiger charge is -2.56. The minimum atomic E-state index is -0.668. The van der Waals surface area contributed by atoms with Gasteiger partial charge >= 0.3 is 12.0 Å². The van der Waals surface area contributed by atoms with E-state index < -0.39 is 6.10 Å². The number of ketones is 1. The van der Waals surface area contributed by atoms with Crippen molar-refractivity contribution in [3.63, 3.8) is 0 Å². The Morgan fingerprint density at radius 3 is 2.09 bits per heavy atom. The summed E-state index contributed by atoms with van der Waals surface area (Å²) >= 11 is 0. The van der Waals surface area contributed by atoms with Crippen molar-refractivity contribution >= 4 is 23.5 Å². The van der Waals surface area contributed by atoms with Crippen LogP contribution in [0.15, 0.2) is 30.3 Å². The smallest absolute Gasteiger partial charge is 0.321 e. The summed E-state index contributed by atoms with van der Waals surface area (Å²) in [6, 6.07) is 9.22. The lowest BCUT2D eigenvalue weighted by atomic mass is 9.48. The number of urea groups is 1. The fourth-order valence-corrected chi connectivity index (χ4v) is 7.21. The molecule has 1 heterocycles. The van der Waals surface area contributed by atoms with Crippen molar-refractivity contribution in [2.75, 3.05) is 18.4 Å². The summed E-state index contributed by atoms with van der Waals surface area (Å²) in [5, 5.41) is 2.89. The van der Waals surface area contributed by atoms with Crippen LogP contribution in [-0.2, 0) is 14.3 Å². The number of hydrogen-bond donors (Lipinski definition) is 1. The molecule has 172 valence electrons. The molecule has 5 fully saturated rings. The van der Waals surface area contributed by atoms with Gasteiger partial charge in [-0.15, -0.1) is 0 Å². The van der Waals surface area contributed by atoms with Gasteiger partial charge in [0, 0.05) is 24.2 Å². The first-order chi connectivity index (χ1) is 15.4. The van der Waals surface area contributed by atoms with Gasteiger partial charge < -0.3 is 15.0 Å². The highest BCUT2D eigenvalue weighted by molar-refractivity contribution is 5.91. The molecule has 0 unspecified atom stereocenters. The number of rotatable bonds is 5. The molecule has 32 heavy (non-hydrogen) atoms. The number of para-hydroxylation sites is 1. The zero-order valence-electron chi connectivity index (χ0n) is 18.9. The molecule has 0 radical (unpaired) electrons. The molecule has 0 aromatic heterocycles. The number of carbonyl (C=O) groups excluding carboxylic acids is 3. The van der Waals surface area contributed by atoms with Crippen molar-refractivity contribution in [2.45, 2.75) is 64.4 Å². The second kappa shape index (κ2) is 8.53. The summed E-state index contributed by atoms with van der Waals surface area (Å²) in [5.74, 6) is 1.71. The molecule has 4 bridgehead atoms. The number of benzene rings is 1. The Balaban J connectivity index is 1.12. The number of carbonyl (C=O) groups is 3. The molecule has 1 aromatic carbocycles. The molecule has 6 rings (SSSR count). The summed E-state index contributed by atoms with van der Waals surface area (Å²) < 4.78 is 5.72. The van der Waals surface area contributed by atoms with Crippen LogP contribution >= 0.6 is 0 Å². The summed E-state index contributed by atoms with van der Waals surface area (Å²) in [4.78, 5) is 40.4. The first-order valence-electron chi connectivity index (χ1n) is 12.3. The zero-order valence-corrected chi connectivity index (χ0v) is 18.9. The first kappa shape index (κ1) is 21.5. The molecule has 4 saturated carbocycles. The van der Waals surface area contributed by atoms with E-state index >= 15 is 0 Å². The first-order valence-corrected chi connectivity index (χ1v) is 12.3. The molecule has 6 nitrogen and oxygen atoms in total. The Labute approximate surface area is 190 Å². The monoisotopic (exact) mass is 438 g/mol. The molecular weight excluding hydrogens is 404 g/mol. The summed E-state index contributed by atoms with van der Waals surface area (Å²) in [5.41, 5.74) is 0.518.